The summed E-state index contributed by atoms with van der Waals surface area (Å²) in [7, 11) is -3.39. The predicted octanol–water partition coefficient (Wildman–Crippen LogP) is 0.938. The van der Waals surface area contributed by atoms with Crippen molar-refractivity contribution in [2.24, 2.45) is 0 Å². The van der Waals surface area contributed by atoms with Gasteiger partial charge in [-0.25, -0.2) is 13.1 Å². The lowest BCUT2D eigenvalue weighted by Crippen LogP contribution is -2.25. The Balaban J connectivity index is 2.74. The van der Waals surface area contributed by atoms with E-state index in [2.05, 4.69) is 4.72 Å². The van der Waals surface area contributed by atoms with Crippen molar-refractivity contribution in [2.75, 3.05) is 6.54 Å². The van der Waals surface area contributed by atoms with Gasteiger partial charge in [0.1, 0.15) is 0 Å². The third-order valence-corrected chi connectivity index (χ3v) is 3.11. The summed E-state index contributed by atoms with van der Waals surface area (Å²) in [5.41, 5.74) is 1.74. The van der Waals surface area contributed by atoms with E-state index >= 15 is 0 Å². The summed E-state index contributed by atoms with van der Waals surface area (Å²) in [6.07, 6.45) is 0. The van der Waals surface area contributed by atoms with Crippen molar-refractivity contribution in [3.63, 3.8) is 0 Å². The van der Waals surface area contributed by atoms with Crippen molar-refractivity contribution < 1.29 is 8.42 Å². The third kappa shape index (κ3) is 4.11. The van der Waals surface area contributed by atoms with Crippen LogP contribution in [-0.4, -0.2) is 15.0 Å². The number of nitrogens with one attached hydrogen (secondary N) is 1. The maximum atomic E-state index is 11.4. The minimum absolute atomic E-state index is 0.0869. The molecule has 0 spiro atoms. The molecular formula is C10H12N2O2S. The number of sulfonamides is 1. The Hall–Kier alpha value is -1.38. The van der Waals surface area contributed by atoms with E-state index in [1.54, 1.807) is 12.1 Å². The van der Waals surface area contributed by atoms with E-state index in [1.165, 1.54) is 0 Å². The van der Waals surface area contributed by atoms with Gasteiger partial charge in [0.15, 0.2) is 0 Å². The molecule has 15 heavy (non-hydrogen) atoms. The summed E-state index contributed by atoms with van der Waals surface area (Å²) < 4.78 is 25.0. The van der Waals surface area contributed by atoms with Gasteiger partial charge < -0.3 is 0 Å². The number of nitriles is 1. The molecule has 1 N–H and O–H groups in total. The molecule has 0 bridgehead atoms. The molecule has 4 nitrogen and oxygen atoms in total. The first-order chi connectivity index (χ1) is 7.03. The Morgan fingerprint density at radius 3 is 2.80 bits per heavy atom. The first kappa shape index (κ1) is 11.7. The number of rotatable bonds is 4. The minimum Gasteiger partial charge on any atom is -0.212 e. The zero-order valence-corrected chi connectivity index (χ0v) is 9.21. The van der Waals surface area contributed by atoms with Gasteiger partial charge in [0.25, 0.3) is 0 Å². The third-order valence-electron chi connectivity index (χ3n) is 1.81. The largest absolute Gasteiger partial charge is 0.216 e. The van der Waals surface area contributed by atoms with Crippen LogP contribution in [0.2, 0.25) is 0 Å². The van der Waals surface area contributed by atoms with Gasteiger partial charge in [-0.1, -0.05) is 29.8 Å². The first-order valence-corrected chi connectivity index (χ1v) is 6.08. The fourth-order valence-electron chi connectivity index (χ4n) is 1.21. The van der Waals surface area contributed by atoms with E-state index in [-0.39, 0.29) is 12.3 Å². The molecule has 80 valence electrons. The van der Waals surface area contributed by atoms with Crippen LogP contribution in [0.1, 0.15) is 11.1 Å². The maximum absolute atomic E-state index is 11.4. The minimum atomic E-state index is -3.39. The van der Waals surface area contributed by atoms with Gasteiger partial charge in [-0.15, -0.1) is 0 Å². The van der Waals surface area contributed by atoms with E-state index in [9.17, 15) is 8.42 Å². The SMILES string of the molecule is Cc1cccc(CS(=O)(=O)NCC#N)c1. The van der Waals surface area contributed by atoms with E-state index in [0.717, 1.165) is 11.1 Å². The Bertz CT molecular complexity index is 474. The van der Waals surface area contributed by atoms with Gasteiger partial charge in [0.05, 0.1) is 18.4 Å². The molecule has 0 amide bonds. The van der Waals surface area contributed by atoms with Gasteiger partial charge >= 0.3 is 0 Å². The summed E-state index contributed by atoms with van der Waals surface area (Å²) >= 11 is 0. The normalized spacial score (nSPS) is 10.9. The zero-order valence-electron chi connectivity index (χ0n) is 8.40. The number of hydrogen-bond acceptors (Lipinski definition) is 3. The molecule has 5 heteroatoms. The second-order valence-corrected chi connectivity index (χ2v) is 5.03. The molecule has 0 heterocycles. The van der Waals surface area contributed by atoms with Crippen molar-refractivity contribution in [1.29, 1.82) is 5.26 Å². The molecule has 0 atom stereocenters. The fraction of sp³-hybridized carbons (Fsp3) is 0.300. The molecule has 0 radical (unpaired) electrons. The maximum Gasteiger partial charge on any atom is 0.216 e. The van der Waals surface area contributed by atoms with E-state index in [4.69, 9.17) is 5.26 Å². The lowest BCUT2D eigenvalue weighted by atomic mass is 10.2. The molecule has 1 rings (SSSR count). The molecule has 0 fully saturated rings. The molecule has 0 aliphatic rings. The van der Waals surface area contributed by atoms with Crippen LogP contribution in [0.5, 0.6) is 0 Å². The molecule has 0 aliphatic heterocycles. The van der Waals surface area contributed by atoms with Gasteiger partial charge in [0, 0.05) is 0 Å². The Kier molecular flexibility index (Phi) is 3.83. The lowest BCUT2D eigenvalue weighted by Gasteiger charge is -2.04. The summed E-state index contributed by atoms with van der Waals surface area (Å²) in [6, 6.07) is 9.00. The summed E-state index contributed by atoms with van der Waals surface area (Å²) in [6.45, 7) is 1.72. The summed E-state index contributed by atoms with van der Waals surface area (Å²) in [5, 5.41) is 8.26. The van der Waals surface area contributed by atoms with Crippen LogP contribution in [0.3, 0.4) is 0 Å². The van der Waals surface area contributed by atoms with Gasteiger partial charge in [0.2, 0.25) is 10.0 Å². The fourth-order valence-corrected chi connectivity index (χ4v) is 2.22. The highest BCUT2D eigenvalue weighted by atomic mass is 32.2. The van der Waals surface area contributed by atoms with Gasteiger partial charge in [-0.2, -0.15) is 5.26 Å². The van der Waals surface area contributed by atoms with Crippen LogP contribution >= 0.6 is 0 Å². The topological polar surface area (TPSA) is 70.0 Å². The zero-order chi connectivity index (χ0) is 11.3. The molecule has 0 saturated heterocycles. The van der Waals surface area contributed by atoms with E-state index < -0.39 is 10.0 Å². The van der Waals surface area contributed by atoms with Crippen LogP contribution in [-0.2, 0) is 15.8 Å². The molecule has 0 saturated carbocycles. The standard InChI is InChI=1S/C10H12N2O2S/c1-9-3-2-4-10(7-9)8-15(13,14)12-6-5-11/h2-4,7,12H,6,8H2,1H3. The second-order valence-electron chi connectivity index (χ2n) is 3.23. The highest BCUT2D eigenvalue weighted by Gasteiger charge is 2.10. The van der Waals surface area contributed by atoms with Crippen LogP contribution in [0.25, 0.3) is 0 Å². The van der Waals surface area contributed by atoms with Crippen molar-refractivity contribution in [3.05, 3.63) is 35.4 Å². The summed E-state index contributed by atoms with van der Waals surface area (Å²) in [5.74, 6) is -0.0869. The van der Waals surface area contributed by atoms with Crippen LogP contribution in [0.15, 0.2) is 24.3 Å². The van der Waals surface area contributed by atoms with Crippen molar-refractivity contribution >= 4 is 10.0 Å². The Morgan fingerprint density at radius 1 is 1.47 bits per heavy atom. The van der Waals surface area contributed by atoms with Gasteiger partial charge in [-0.05, 0) is 12.5 Å². The smallest absolute Gasteiger partial charge is 0.212 e. The van der Waals surface area contributed by atoms with Crippen molar-refractivity contribution in [1.82, 2.24) is 4.72 Å². The lowest BCUT2D eigenvalue weighted by molar-refractivity contribution is 0.585. The molecule has 0 aliphatic carbocycles. The number of hydrogen-bond donors (Lipinski definition) is 1. The average molecular weight is 224 g/mol. The summed E-state index contributed by atoms with van der Waals surface area (Å²) in [4.78, 5) is 0. The molecule has 1 aromatic rings. The molecular weight excluding hydrogens is 212 g/mol. The Labute approximate surface area is 89.6 Å². The highest BCUT2D eigenvalue weighted by Crippen LogP contribution is 2.07. The number of nitrogens with zero attached hydrogens (tertiary/aromatic N) is 1. The quantitative estimate of drug-likeness (QED) is 0.774. The molecule has 0 unspecified atom stereocenters. The Morgan fingerprint density at radius 2 is 2.20 bits per heavy atom. The number of benzene rings is 1. The molecule has 0 aromatic heterocycles. The average Bonchev–Trinajstić information content (AvgIpc) is 2.14. The van der Waals surface area contributed by atoms with Gasteiger partial charge in [-0.3, -0.25) is 0 Å². The first-order valence-electron chi connectivity index (χ1n) is 4.43. The van der Waals surface area contributed by atoms with Crippen LogP contribution in [0, 0.1) is 18.3 Å². The van der Waals surface area contributed by atoms with Crippen molar-refractivity contribution in [2.45, 2.75) is 12.7 Å². The monoisotopic (exact) mass is 224 g/mol. The second kappa shape index (κ2) is 4.91. The predicted molar refractivity (Wildman–Crippen MR) is 57.4 cm³/mol. The van der Waals surface area contributed by atoms with E-state index in [1.807, 2.05) is 25.1 Å². The number of aryl methyl sites for hydroxylation is 1. The van der Waals surface area contributed by atoms with Crippen LogP contribution < -0.4 is 4.72 Å². The van der Waals surface area contributed by atoms with E-state index in [0.29, 0.717) is 0 Å². The highest BCUT2D eigenvalue weighted by molar-refractivity contribution is 7.88. The molecule has 1 aromatic carbocycles. The van der Waals surface area contributed by atoms with Crippen LogP contribution in [0.4, 0.5) is 0 Å². The van der Waals surface area contributed by atoms with Crippen molar-refractivity contribution in [3.8, 4) is 6.07 Å².